The number of nitrogens with zero attached hydrogens (tertiary/aromatic N) is 1. The van der Waals surface area contributed by atoms with Gasteiger partial charge in [-0.05, 0) is 45.8 Å². The van der Waals surface area contributed by atoms with Gasteiger partial charge in [0.15, 0.2) is 5.96 Å². The van der Waals surface area contributed by atoms with Crippen LogP contribution in [0.2, 0.25) is 0 Å². The van der Waals surface area contributed by atoms with Crippen LogP contribution in [-0.4, -0.2) is 19.0 Å². The number of aliphatic imine (C=N–C) groups is 1. The lowest BCUT2D eigenvalue weighted by Crippen LogP contribution is -2.37. The van der Waals surface area contributed by atoms with Crippen LogP contribution in [0.25, 0.3) is 0 Å². The fraction of sp³-hybridized carbons (Fsp3) is 0.500. The molecule has 1 heterocycles. The summed E-state index contributed by atoms with van der Waals surface area (Å²) in [5.41, 5.74) is 1.28. The zero-order valence-corrected chi connectivity index (χ0v) is 11.0. The summed E-state index contributed by atoms with van der Waals surface area (Å²) in [6.07, 6.45) is 2.53. The first-order valence-corrected chi connectivity index (χ1v) is 6.66. The average molecular weight is 288 g/mol. The Bertz CT molecular complexity index is 357. The maximum absolute atomic E-state index is 4.18. The van der Waals surface area contributed by atoms with Crippen molar-refractivity contribution in [2.75, 3.05) is 7.05 Å². The molecule has 0 spiro atoms. The van der Waals surface area contributed by atoms with Gasteiger partial charge >= 0.3 is 0 Å². The van der Waals surface area contributed by atoms with E-state index in [-0.39, 0.29) is 0 Å². The molecule has 15 heavy (non-hydrogen) atoms. The van der Waals surface area contributed by atoms with E-state index >= 15 is 0 Å². The summed E-state index contributed by atoms with van der Waals surface area (Å²) in [6, 6.07) is 2.76. The van der Waals surface area contributed by atoms with Crippen LogP contribution in [-0.2, 0) is 6.54 Å². The molecule has 3 nitrogen and oxygen atoms in total. The van der Waals surface area contributed by atoms with E-state index < -0.39 is 0 Å². The van der Waals surface area contributed by atoms with E-state index in [2.05, 4.69) is 43.0 Å². The SMILES string of the molecule is CN=C(NCc1ccsc1Br)NC1CC1. The summed E-state index contributed by atoms with van der Waals surface area (Å²) in [5.74, 6) is 0.899. The van der Waals surface area contributed by atoms with Crippen molar-refractivity contribution in [3.63, 3.8) is 0 Å². The van der Waals surface area contributed by atoms with Crippen molar-refractivity contribution in [3.05, 3.63) is 20.8 Å². The van der Waals surface area contributed by atoms with Crippen LogP contribution in [0, 0.1) is 0 Å². The molecule has 2 rings (SSSR count). The van der Waals surface area contributed by atoms with Gasteiger partial charge in [0.2, 0.25) is 0 Å². The Labute approximate surface area is 102 Å². The van der Waals surface area contributed by atoms with Gasteiger partial charge in [-0.3, -0.25) is 4.99 Å². The Kier molecular flexibility index (Phi) is 3.64. The van der Waals surface area contributed by atoms with E-state index in [1.165, 1.54) is 22.2 Å². The topological polar surface area (TPSA) is 36.4 Å². The van der Waals surface area contributed by atoms with Crippen molar-refractivity contribution in [2.24, 2.45) is 4.99 Å². The quantitative estimate of drug-likeness (QED) is 0.661. The summed E-state index contributed by atoms with van der Waals surface area (Å²) in [6.45, 7) is 0.816. The van der Waals surface area contributed by atoms with Crippen molar-refractivity contribution in [1.29, 1.82) is 0 Å². The molecule has 1 aliphatic carbocycles. The molecule has 0 amide bonds. The van der Waals surface area contributed by atoms with Crippen LogP contribution < -0.4 is 10.6 Å². The molecule has 1 aliphatic rings. The first-order chi connectivity index (χ1) is 7.29. The Morgan fingerprint density at radius 2 is 2.47 bits per heavy atom. The van der Waals surface area contributed by atoms with Gasteiger partial charge in [0.05, 0.1) is 3.79 Å². The fourth-order valence-corrected chi connectivity index (χ4v) is 2.48. The number of halogens is 1. The predicted molar refractivity (Wildman–Crippen MR) is 68.4 cm³/mol. The largest absolute Gasteiger partial charge is 0.354 e. The van der Waals surface area contributed by atoms with Gasteiger partial charge in [-0.1, -0.05) is 0 Å². The maximum Gasteiger partial charge on any atom is 0.191 e. The highest BCUT2D eigenvalue weighted by molar-refractivity contribution is 9.11. The summed E-state index contributed by atoms with van der Waals surface area (Å²) < 4.78 is 1.19. The van der Waals surface area contributed by atoms with E-state index in [9.17, 15) is 0 Å². The number of rotatable bonds is 3. The zero-order valence-electron chi connectivity index (χ0n) is 8.59. The van der Waals surface area contributed by atoms with Crippen LogP contribution in [0.5, 0.6) is 0 Å². The van der Waals surface area contributed by atoms with E-state index in [1.54, 1.807) is 18.4 Å². The van der Waals surface area contributed by atoms with Gasteiger partial charge in [-0.25, -0.2) is 0 Å². The van der Waals surface area contributed by atoms with Crippen molar-refractivity contribution in [2.45, 2.75) is 25.4 Å². The summed E-state index contributed by atoms with van der Waals surface area (Å²) >= 11 is 5.23. The molecule has 5 heteroatoms. The Morgan fingerprint density at radius 3 is 3.00 bits per heavy atom. The highest BCUT2D eigenvalue weighted by atomic mass is 79.9. The lowest BCUT2D eigenvalue weighted by Gasteiger charge is -2.10. The normalized spacial score (nSPS) is 16.5. The molecule has 0 aromatic carbocycles. The van der Waals surface area contributed by atoms with Gasteiger partial charge in [0.1, 0.15) is 0 Å². The molecule has 0 bridgehead atoms. The van der Waals surface area contributed by atoms with Crippen LogP contribution >= 0.6 is 27.3 Å². The summed E-state index contributed by atoms with van der Waals surface area (Å²) in [7, 11) is 1.81. The molecule has 1 aromatic heterocycles. The molecule has 0 aliphatic heterocycles. The second-order valence-corrected chi connectivity index (χ2v) is 5.80. The van der Waals surface area contributed by atoms with Crippen molar-refractivity contribution < 1.29 is 0 Å². The molecule has 1 fully saturated rings. The lowest BCUT2D eigenvalue weighted by molar-refractivity contribution is 0.805. The second kappa shape index (κ2) is 4.99. The summed E-state index contributed by atoms with van der Waals surface area (Å²) in [4.78, 5) is 4.18. The molecule has 0 radical (unpaired) electrons. The number of nitrogens with one attached hydrogen (secondary N) is 2. The number of thiophene rings is 1. The highest BCUT2D eigenvalue weighted by Gasteiger charge is 2.22. The Morgan fingerprint density at radius 1 is 1.67 bits per heavy atom. The van der Waals surface area contributed by atoms with Crippen molar-refractivity contribution in [3.8, 4) is 0 Å². The Balaban J connectivity index is 1.83. The minimum Gasteiger partial charge on any atom is -0.354 e. The van der Waals surface area contributed by atoms with Crippen LogP contribution in [0.1, 0.15) is 18.4 Å². The van der Waals surface area contributed by atoms with Gasteiger partial charge in [-0.2, -0.15) is 0 Å². The maximum atomic E-state index is 4.18. The van der Waals surface area contributed by atoms with E-state index in [1.807, 2.05) is 0 Å². The van der Waals surface area contributed by atoms with E-state index in [4.69, 9.17) is 0 Å². The van der Waals surface area contributed by atoms with Gasteiger partial charge < -0.3 is 10.6 Å². The molecule has 0 atom stereocenters. The molecular formula is C10H14BrN3S. The third-order valence-corrected chi connectivity index (χ3v) is 4.09. The third-order valence-electron chi connectivity index (χ3n) is 2.28. The minimum atomic E-state index is 0.641. The van der Waals surface area contributed by atoms with Gasteiger partial charge in [-0.15, -0.1) is 11.3 Å². The van der Waals surface area contributed by atoms with Crippen LogP contribution in [0.3, 0.4) is 0 Å². The van der Waals surface area contributed by atoms with Crippen molar-refractivity contribution >= 4 is 33.2 Å². The van der Waals surface area contributed by atoms with E-state index in [0.717, 1.165) is 12.5 Å². The molecule has 2 N–H and O–H groups in total. The minimum absolute atomic E-state index is 0.641. The Hall–Kier alpha value is -0.550. The molecule has 1 saturated carbocycles. The van der Waals surface area contributed by atoms with Crippen LogP contribution in [0.15, 0.2) is 20.2 Å². The smallest absolute Gasteiger partial charge is 0.191 e. The van der Waals surface area contributed by atoms with Gasteiger partial charge in [0, 0.05) is 19.6 Å². The predicted octanol–water partition coefficient (Wildman–Crippen LogP) is 2.34. The highest BCUT2D eigenvalue weighted by Crippen LogP contribution is 2.23. The number of hydrogen-bond acceptors (Lipinski definition) is 2. The zero-order chi connectivity index (χ0) is 10.7. The second-order valence-electron chi connectivity index (χ2n) is 3.56. The fourth-order valence-electron chi connectivity index (χ4n) is 1.24. The molecule has 82 valence electrons. The van der Waals surface area contributed by atoms with Crippen LogP contribution in [0.4, 0.5) is 0 Å². The summed E-state index contributed by atoms with van der Waals surface area (Å²) in [5, 5.41) is 8.73. The first kappa shape index (κ1) is 11.0. The standard InChI is InChI=1S/C10H14BrN3S/c1-12-10(14-8-2-3-8)13-6-7-4-5-15-9(7)11/h4-5,8H,2-3,6H2,1H3,(H2,12,13,14). The number of hydrogen-bond donors (Lipinski definition) is 2. The third kappa shape index (κ3) is 3.21. The monoisotopic (exact) mass is 287 g/mol. The first-order valence-electron chi connectivity index (χ1n) is 4.98. The van der Waals surface area contributed by atoms with Crippen molar-refractivity contribution in [1.82, 2.24) is 10.6 Å². The molecule has 1 aromatic rings. The molecule has 0 unspecified atom stereocenters. The van der Waals surface area contributed by atoms with Gasteiger partial charge in [0.25, 0.3) is 0 Å². The number of guanidine groups is 1. The molecular weight excluding hydrogens is 274 g/mol. The lowest BCUT2D eigenvalue weighted by atomic mass is 10.3. The van der Waals surface area contributed by atoms with E-state index in [0.29, 0.717) is 6.04 Å². The average Bonchev–Trinajstić information content (AvgIpc) is 2.96. The molecule has 0 saturated heterocycles.